The Labute approximate surface area is 191 Å². The number of aromatic nitrogens is 5. The van der Waals surface area contributed by atoms with Crippen molar-refractivity contribution in [1.82, 2.24) is 24.5 Å². The van der Waals surface area contributed by atoms with E-state index in [-0.39, 0.29) is 12.0 Å². The topological polar surface area (TPSA) is 110 Å². The van der Waals surface area contributed by atoms with E-state index in [4.69, 9.17) is 9.72 Å². The summed E-state index contributed by atoms with van der Waals surface area (Å²) in [5.74, 6) is 1.93. The van der Waals surface area contributed by atoms with Crippen molar-refractivity contribution in [2.24, 2.45) is 7.05 Å². The van der Waals surface area contributed by atoms with Crippen LogP contribution in [-0.4, -0.2) is 49.9 Å². The zero-order chi connectivity index (χ0) is 23.0. The fourth-order valence-electron chi connectivity index (χ4n) is 4.02. The molecule has 3 N–H and O–H groups in total. The maximum atomic E-state index is 9.88. The minimum atomic E-state index is -0.369. The minimum absolute atomic E-state index is 0.0432. The van der Waals surface area contributed by atoms with Crippen LogP contribution < -0.4 is 15.4 Å². The maximum Gasteiger partial charge on any atom is 0.227 e. The van der Waals surface area contributed by atoms with Crippen LogP contribution in [0.15, 0.2) is 55.2 Å². The zero-order valence-corrected chi connectivity index (χ0v) is 18.7. The SMILES string of the molecule is COc1ccc(-c2cncn2C)cc1Nc1nccc(-c2cnc3c(c2)C(C)(CO)CN3)n1. The summed E-state index contributed by atoms with van der Waals surface area (Å²) in [6, 6.07) is 9.76. The third-order valence-corrected chi connectivity index (χ3v) is 6.04. The van der Waals surface area contributed by atoms with Crippen LogP contribution in [0.25, 0.3) is 22.5 Å². The number of aryl methyl sites for hydroxylation is 1. The lowest BCUT2D eigenvalue weighted by Crippen LogP contribution is -2.28. The van der Waals surface area contributed by atoms with E-state index < -0.39 is 0 Å². The van der Waals surface area contributed by atoms with Gasteiger partial charge in [0, 0.05) is 48.1 Å². The highest BCUT2D eigenvalue weighted by Gasteiger charge is 2.35. The number of hydrogen-bond donors (Lipinski definition) is 3. The van der Waals surface area contributed by atoms with Gasteiger partial charge in [0.2, 0.25) is 5.95 Å². The first kappa shape index (κ1) is 20.9. The van der Waals surface area contributed by atoms with Gasteiger partial charge in [-0.05, 0) is 30.3 Å². The molecule has 3 aromatic heterocycles. The Balaban J connectivity index is 1.48. The number of nitrogens with zero attached hydrogens (tertiary/aromatic N) is 5. The van der Waals surface area contributed by atoms with Gasteiger partial charge in [-0.2, -0.15) is 0 Å². The van der Waals surface area contributed by atoms with Crippen LogP contribution in [0.4, 0.5) is 17.5 Å². The van der Waals surface area contributed by atoms with Gasteiger partial charge in [-0.3, -0.25) is 0 Å². The molecule has 9 heteroatoms. The Hall–Kier alpha value is -3.98. The van der Waals surface area contributed by atoms with Crippen molar-refractivity contribution in [2.75, 3.05) is 30.9 Å². The number of anilines is 3. The molecule has 4 heterocycles. The number of benzene rings is 1. The Morgan fingerprint density at radius 1 is 1.18 bits per heavy atom. The van der Waals surface area contributed by atoms with Gasteiger partial charge in [-0.15, -0.1) is 0 Å². The molecule has 9 nitrogen and oxygen atoms in total. The van der Waals surface area contributed by atoms with Crippen molar-refractivity contribution in [3.63, 3.8) is 0 Å². The fraction of sp³-hybridized carbons (Fsp3) is 0.250. The van der Waals surface area contributed by atoms with Crippen molar-refractivity contribution in [3.8, 4) is 28.3 Å². The van der Waals surface area contributed by atoms with Crippen LogP contribution in [-0.2, 0) is 12.5 Å². The minimum Gasteiger partial charge on any atom is -0.495 e. The van der Waals surface area contributed by atoms with Crippen molar-refractivity contribution >= 4 is 17.5 Å². The van der Waals surface area contributed by atoms with E-state index >= 15 is 0 Å². The summed E-state index contributed by atoms with van der Waals surface area (Å²) in [4.78, 5) is 17.8. The van der Waals surface area contributed by atoms with Gasteiger partial charge < -0.3 is 25.0 Å². The largest absolute Gasteiger partial charge is 0.495 e. The molecule has 33 heavy (non-hydrogen) atoms. The molecule has 5 rings (SSSR count). The van der Waals surface area contributed by atoms with Crippen molar-refractivity contribution in [1.29, 1.82) is 0 Å². The highest BCUT2D eigenvalue weighted by atomic mass is 16.5. The smallest absolute Gasteiger partial charge is 0.227 e. The van der Waals surface area contributed by atoms with Crippen molar-refractivity contribution in [3.05, 3.63) is 60.8 Å². The average molecular weight is 444 g/mol. The maximum absolute atomic E-state index is 9.88. The molecule has 0 spiro atoms. The molecule has 0 radical (unpaired) electrons. The fourth-order valence-corrected chi connectivity index (χ4v) is 4.02. The van der Waals surface area contributed by atoms with Crippen molar-refractivity contribution < 1.29 is 9.84 Å². The second-order valence-electron chi connectivity index (χ2n) is 8.39. The lowest BCUT2D eigenvalue weighted by molar-refractivity contribution is 0.218. The molecule has 1 atom stereocenters. The summed E-state index contributed by atoms with van der Waals surface area (Å²) in [6.07, 6.45) is 7.07. The summed E-state index contributed by atoms with van der Waals surface area (Å²) in [7, 11) is 3.58. The van der Waals surface area contributed by atoms with E-state index in [1.807, 2.05) is 55.1 Å². The molecule has 0 fully saturated rings. The van der Waals surface area contributed by atoms with Gasteiger partial charge in [0.1, 0.15) is 11.6 Å². The van der Waals surface area contributed by atoms with Gasteiger partial charge in [-0.1, -0.05) is 6.92 Å². The van der Waals surface area contributed by atoms with Crippen LogP contribution in [0.5, 0.6) is 5.75 Å². The van der Waals surface area contributed by atoms with E-state index in [1.54, 1.807) is 25.8 Å². The van der Waals surface area contributed by atoms with Crippen LogP contribution in [0.2, 0.25) is 0 Å². The molecule has 0 amide bonds. The van der Waals surface area contributed by atoms with Crippen LogP contribution in [0.1, 0.15) is 12.5 Å². The summed E-state index contributed by atoms with van der Waals surface area (Å²) in [6.45, 7) is 2.71. The number of pyridine rings is 1. The number of aliphatic hydroxyl groups excluding tert-OH is 1. The second kappa shape index (κ2) is 8.18. The van der Waals surface area contributed by atoms with Crippen LogP contribution in [0.3, 0.4) is 0 Å². The van der Waals surface area contributed by atoms with E-state index in [2.05, 4.69) is 25.6 Å². The number of hydrogen-bond acceptors (Lipinski definition) is 8. The number of aliphatic hydroxyl groups is 1. The first-order valence-electron chi connectivity index (χ1n) is 10.6. The van der Waals surface area contributed by atoms with Gasteiger partial charge in [0.05, 0.1) is 43.3 Å². The molecule has 0 saturated carbocycles. The standard InChI is InChI=1S/C24H25N7O2/c1-24(13-32)12-28-22-17(24)8-16(10-27-22)18-6-7-26-23(29-18)30-19-9-15(4-5-21(19)33-3)20-11-25-14-31(20)2/h4-11,14,32H,12-13H2,1-3H3,(H,27,28)(H,26,29,30). The normalized spacial score (nSPS) is 16.8. The van der Waals surface area contributed by atoms with Gasteiger partial charge in [-0.25, -0.2) is 19.9 Å². The molecule has 0 saturated heterocycles. The number of fused-ring (bicyclic) bond motifs is 1. The van der Waals surface area contributed by atoms with Crippen LogP contribution >= 0.6 is 0 Å². The summed E-state index contributed by atoms with van der Waals surface area (Å²) in [5, 5.41) is 16.4. The Morgan fingerprint density at radius 3 is 2.82 bits per heavy atom. The molecular formula is C24H25N7O2. The summed E-state index contributed by atoms with van der Waals surface area (Å²) >= 11 is 0. The van der Waals surface area contributed by atoms with E-state index in [0.717, 1.165) is 39.6 Å². The third kappa shape index (κ3) is 3.76. The van der Waals surface area contributed by atoms with E-state index in [9.17, 15) is 5.11 Å². The Kier molecular flexibility index (Phi) is 5.18. The van der Waals surface area contributed by atoms with Gasteiger partial charge >= 0.3 is 0 Å². The molecule has 1 aromatic carbocycles. The second-order valence-corrected chi connectivity index (χ2v) is 8.39. The van der Waals surface area contributed by atoms with Crippen LogP contribution in [0, 0.1) is 0 Å². The molecule has 168 valence electrons. The Morgan fingerprint density at radius 2 is 2.06 bits per heavy atom. The predicted molar refractivity (Wildman–Crippen MR) is 127 cm³/mol. The molecule has 4 aromatic rings. The molecule has 1 aliphatic rings. The van der Waals surface area contributed by atoms with E-state index in [1.165, 1.54) is 0 Å². The van der Waals surface area contributed by atoms with Crippen molar-refractivity contribution in [2.45, 2.75) is 12.3 Å². The Bertz CT molecular complexity index is 1320. The first-order chi connectivity index (χ1) is 16.0. The lowest BCUT2D eigenvalue weighted by Gasteiger charge is -2.20. The lowest BCUT2D eigenvalue weighted by atomic mass is 9.85. The highest BCUT2D eigenvalue weighted by Crippen LogP contribution is 2.37. The monoisotopic (exact) mass is 443 g/mol. The molecule has 0 aliphatic carbocycles. The van der Waals surface area contributed by atoms with Gasteiger partial charge in [0.25, 0.3) is 0 Å². The number of methoxy groups -OCH3 is 1. The molecule has 1 aliphatic heterocycles. The highest BCUT2D eigenvalue weighted by molar-refractivity contribution is 5.73. The molecular weight excluding hydrogens is 418 g/mol. The average Bonchev–Trinajstić information content (AvgIpc) is 3.42. The van der Waals surface area contributed by atoms with Gasteiger partial charge in [0.15, 0.2) is 0 Å². The molecule has 0 bridgehead atoms. The molecule has 1 unspecified atom stereocenters. The number of nitrogens with one attached hydrogen (secondary N) is 2. The van der Waals surface area contributed by atoms with E-state index in [0.29, 0.717) is 18.2 Å². The zero-order valence-electron chi connectivity index (χ0n) is 18.7. The third-order valence-electron chi connectivity index (χ3n) is 6.04. The summed E-state index contributed by atoms with van der Waals surface area (Å²) < 4.78 is 7.50. The summed E-state index contributed by atoms with van der Waals surface area (Å²) in [5.41, 5.74) is 4.94. The quantitative estimate of drug-likeness (QED) is 0.416. The first-order valence-corrected chi connectivity index (χ1v) is 10.6. The number of rotatable bonds is 6. The predicted octanol–water partition coefficient (Wildman–Crippen LogP) is 3.37. The number of imidazole rings is 1. The number of ether oxygens (including phenoxy) is 1.